The smallest absolute Gasteiger partial charge is 0.339 e. The molecule has 27 heavy (non-hydrogen) atoms. The summed E-state index contributed by atoms with van der Waals surface area (Å²) in [6.07, 6.45) is 0.416. The fraction of sp³-hybridized carbons (Fsp3) is 0.222. The molecule has 8 nitrogen and oxygen atoms in total. The molecule has 2 aromatic carbocycles. The van der Waals surface area contributed by atoms with Crippen LogP contribution in [-0.4, -0.2) is 31.1 Å². The van der Waals surface area contributed by atoms with Gasteiger partial charge < -0.3 is 14.8 Å². The van der Waals surface area contributed by atoms with Crippen molar-refractivity contribution in [1.82, 2.24) is 0 Å². The Morgan fingerprint density at radius 3 is 2.48 bits per heavy atom. The van der Waals surface area contributed by atoms with Gasteiger partial charge in [-0.1, -0.05) is 17.7 Å². The van der Waals surface area contributed by atoms with Crippen molar-refractivity contribution < 1.29 is 24.0 Å². The van der Waals surface area contributed by atoms with Crippen molar-refractivity contribution in [3.05, 3.63) is 62.7 Å². The minimum Gasteiger partial charge on any atom is -0.469 e. The van der Waals surface area contributed by atoms with E-state index < -0.39 is 16.9 Å². The number of hydrogen-bond donors (Lipinski definition) is 1. The van der Waals surface area contributed by atoms with Gasteiger partial charge in [-0.15, -0.1) is 0 Å². The molecule has 0 bridgehead atoms. The summed E-state index contributed by atoms with van der Waals surface area (Å²) in [5.41, 5.74) is 1.05. The summed E-state index contributed by atoms with van der Waals surface area (Å²) < 4.78 is 9.28. The molecule has 0 saturated heterocycles. The molecule has 0 amide bonds. The van der Waals surface area contributed by atoms with E-state index in [1.54, 1.807) is 6.07 Å². The number of nitro benzene ring substituents is 1. The number of nitrogens with one attached hydrogen (secondary N) is 1. The number of methoxy groups -OCH3 is 2. The molecule has 0 aliphatic carbocycles. The van der Waals surface area contributed by atoms with Gasteiger partial charge in [-0.05, 0) is 36.2 Å². The number of hydrogen-bond acceptors (Lipinski definition) is 7. The molecular formula is C18H17ClN2O6. The van der Waals surface area contributed by atoms with Crippen LogP contribution in [0.1, 0.15) is 22.3 Å². The first-order valence-electron chi connectivity index (χ1n) is 7.84. The highest BCUT2D eigenvalue weighted by Gasteiger charge is 2.19. The average Bonchev–Trinajstić information content (AvgIpc) is 2.66. The molecule has 1 N–H and O–H groups in total. The average molecular weight is 393 g/mol. The van der Waals surface area contributed by atoms with Crippen molar-refractivity contribution in [3.63, 3.8) is 0 Å². The van der Waals surface area contributed by atoms with E-state index in [2.05, 4.69) is 10.1 Å². The number of rotatable bonds is 7. The lowest BCUT2D eigenvalue weighted by atomic mass is 10.1. The Morgan fingerprint density at radius 2 is 1.85 bits per heavy atom. The maximum absolute atomic E-state index is 11.9. The summed E-state index contributed by atoms with van der Waals surface area (Å²) in [6, 6.07) is 8.99. The van der Waals surface area contributed by atoms with Gasteiger partial charge >= 0.3 is 11.9 Å². The molecule has 0 aliphatic rings. The Balaban J connectivity index is 2.36. The van der Waals surface area contributed by atoms with Crippen LogP contribution < -0.4 is 5.32 Å². The molecule has 2 rings (SSSR count). The number of carbonyl (C=O) groups excluding carboxylic acids is 2. The summed E-state index contributed by atoms with van der Waals surface area (Å²) in [5, 5.41) is 14.7. The SMILES string of the molecule is COC(=O)CCc1ccc(Nc2cc(Cl)ccc2C(=O)OC)c([N+](=O)[O-])c1. The third-order valence-corrected chi connectivity index (χ3v) is 4.00. The Kier molecular flexibility index (Phi) is 6.73. The number of nitrogens with zero attached hydrogens (tertiary/aromatic N) is 1. The normalized spacial score (nSPS) is 10.2. The number of nitro groups is 1. The number of aryl methyl sites for hydroxylation is 1. The highest BCUT2D eigenvalue weighted by atomic mass is 35.5. The summed E-state index contributed by atoms with van der Waals surface area (Å²) in [5.74, 6) is -1.01. The van der Waals surface area contributed by atoms with Crippen LogP contribution >= 0.6 is 11.6 Å². The predicted molar refractivity (Wildman–Crippen MR) is 99.5 cm³/mol. The second-order valence-corrected chi connectivity index (χ2v) is 5.93. The van der Waals surface area contributed by atoms with E-state index in [0.717, 1.165) is 0 Å². The Labute approximate surface area is 160 Å². The van der Waals surface area contributed by atoms with Crippen LogP contribution in [0, 0.1) is 10.1 Å². The lowest BCUT2D eigenvalue weighted by molar-refractivity contribution is -0.384. The second-order valence-electron chi connectivity index (χ2n) is 5.49. The lowest BCUT2D eigenvalue weighted by Crippen LogP contribution is -2.07. The van der Waals surface area contributed by atoms with Gasteiger partial charge in [0.1, 0.15) is 5.69 Å². The minimum atomic E-state index is -0.605. The third kappa shape index (κ3) is 5.18. The molecule has 0 aliphatic heterocycles. The molecule has 0 saturated carbocycles. The van der Waals surface area contributed by atoms with Gasteiger partial charge in [0.05, 0.1) is 30.4 Å². The van der Waals surface area contributed by atoms with Crippen LogP contribution in [0.3, 0.4) is 0 Å². The topological polar surface area (TPSA) is 108 Å². The Hall–Kier alpha value is -3.13. The van der Waals surface area contributed by atoms with Gasteiger partial charge in [-0.2, -0.15) is 0 Å². The highest BCUT2D eigenvalue weighted by molar-refractivity contribution is 6.31. The van der Waals surface area contributed by atoms with Gasteiger partial charge in [0, 0.05) is 17.5 Å². The van der Waals surface area contributed by atoms with Crippen LogP contribution in [-0.2, 0) is 20.7 Å². The molecule has 0 spiro atoms. The number of anilines is 2. The standard InChI is InChI=1S/C18H17ClN2O6/c1-26-17(22)8-4-11-3-7-14(16(9-11)21(24)25)20-15-10-12(19)5-6-13(15)18(23)27-2/h3,5-7,9-10,20H,4,8H2,1-2H3. The number of carbonyl (C=O) groups is 2. The van der Waals surface area contributed by atoms with Crippen molar-refractivity contribution in [1.29, 1.82) is 0 Å². The molecule has 0 radical (unpaired) electrons. The van der Waals surface area contributed by atoms with E-state index in [1.165, 1.54) is 44.6 Å². The van der Waals surface area contributed by atoms with Crippen molar-refractivity contribution in [2.24, 2.45) is 0 Å². The largest absolute Gasteiger partial charge is 0.469 e. The first-order valence-corrected chi connectivity index (χ1v) is 8.22. The number of esters is 2. The molecular weight excluding hydrogens is 376 g/mol. The van der Waals surface area contributed by atoms with Crippen molar-refractivity contribution >= 4 is 40.6 Å². The third-order valence-electron chi connectivity index (χ3n) is 3.76. The quantitative estimate of drug-likeness (QED) is 0.432. The van der Waals surface area contributed by atoms with Crippen LogP contribution in [0.2, 0.25) is 5.02 Å². The van der Waals surface area contributed by atoms with Crippen molar-refractivity contribution in [2.45, 2.75) is 12.8 Å². The zero-order chi connectivity index (χ0) is 20.0. The zero-order valence-corrected chi connectivity index (χ0v) is 15.4. The summed E-state index contributed by atoms with van der Waals surface area (Å²) in [7, 11) is 2.51. The Bertz CT molecular complexity index is 884. The van der Waals surface area contributed by atoms with E-state index in [4.69, 9.17) is 16.3 Å². The summed E-state index contributed by atoms with van der Waals surface area (Å²) >= 11 is 5.97. The molecule has 0 atom stereocenters. The van der Waals surface area contributed by atoms with Crippen molar-refractivity contribution in [3.8, 4) is 0 Å². The molecule has 0 fully saturated rings. The van der Waals surface area contributed by atoms with Crippen LogP contribution in [0.5, 0.6) is 0 Å². The van der Waals surface area contributed by atoms with Gasteiger partial charge in [0.2, 0.25) is 0 Å². The Morgan fingerprint density at radius 1 is 1.11 bits per heavy atom. The van der Waals surface area contributed by atoms with E-state index >= 15 is 0 Å². The molecule has 142 valence electrons. The van der Waals surface area contributed by atoms with Gasteiger partial charge in [0.15, 0.2) is 0 Å². The van der Waals surface area contributed by atoms with E-state index in [1.807, 2.05) is 0 Å². The van der Waals surface area contributed by atoms with Crippen LogP contribution in [0.25, 0.3) is 0 Å². The predicted octanol–water partition coefficient (Wildman–Crippen LogP) is 3.88. The van der Waals surface area contributed by atoms with E-state index in [9.17, 15) is 19.7 Å². The number of benzene rings is 2. The van der Waals surface area contributed by atoms with Crippen LogP contribution in [0.15, 0.2) is 36.4 Å². The van der Waals surface area contributed by atoms with E-state index in [-0.39, 0.29) is 29.0 Å². The van der Waals surface area contributed by atoms with Gasteiger partial charge in [-0.3, -0.25) is 14.9 Å². The van der Waals surface area contributed by atoms with Crippen molar-refractivity contribution in [2.75, 3.05) is 19.5 Å². The first kappa shape index (κ1) is 20.2. The fourth-order valence-electron chi connectivity index (χ4n) is 2.39. The molecule has 0 unspecified atom stereocenters. The minimum absolute atomic E-state index is 0.112. The van der Waals surface area contributed by atoms with E-state index in [0.29, 0.717) is 17.0 Å². The van der Waals surface area contributed by atoms with Crippen LogP contribution in [0.4, 0.5) is 17.1 Å². The molecule has 2 aromatic rings. The number of ether oxygens (including phenoxy) is 2. The van der Waals surface area contributed by atoms with Gasteiger partial charge in [0.25, 0.3) is 5.69 Å². The summed E-state index contributed by atoms with van der Waals surface area (Å²) in [4.78, 5) is 34.1. The first-order chi connectivity index (χ1) is 12.8. The summed E-state index contributed by atoms with van der Waals surface area (Å²) in [6.45, 7) is 0. The molecule has 0 aromatic heterocycles. The number of halogens is 1. The monoisotopic (exact) mass is 392 g/mol. The zero-order valence-electron chi connectivity index (χ0n) is 14.7. The molecule has 9 heteroatoms. The maximum atomic E-state index is 11.9. The second kappa shape index (κ2) is 9.00. The van der Waals surface area contributed by atoms with Gasteiger partial charge in [-0.25, -0.2) is 4.79 Å². The maximum Gasteiger partial charge on any atom is 0.339 e. The highest BCUT2D eigenvalue weighted by Crippen LogP contribution is 2.32. The molecule has 0 heterocycles. The fourth-order valence-corrected chi connectivity index (χ4v) is 2.56. The lowest BCUT2D eigenvalue weighted by Gasteiger charge is -2.12.